The quantitative estimate of drug-likeness (QED) is 0.906. The number of nitrogens with one attached hydrogen (secondary N) is 1. The topological polar surface area (TPSA) is 34.1 Å². The third-order valence-electron chi connectivity index (χ3n) is 3.05. The molecule has 0 spiro atoms. The number of ether oxygens (including phenoxy) is 1. The van der Waals surface area contributed by atoms with Crippen LogP contribution >= 0.6 is 11.6 Å². The lowest BCUT2D eigenvalue weighted by atomic mass is 10.1. The van der Waals surface area contributed by atoms with Crippen LogP contribution in [0.25, 0.3) is 0 Å². The van der Waals surface area contributed by atoms with E-state index < -0.39 is 0 Å². The van der Waals surface area contributed by atoms with E-state index in [1.165, 1.54) is 5.56 Å². The van der Waals surface area contributed by atoms with Crippen LogP contribution in [0.15, 0.2) is 42.7 Å². The minimum Gasteiger partial charge on any atom is -0.496 e. The highest BCUT2D eigenvalue weighted by atomic mass is 35.5. The SMILES string of the molecule is COc1ccc(Cl)cc1CNC(C)c1ccncc1. The minimum atomic E-state index is 0.242. The summed E-state index contributed by atoms with van der Waals surface area (Å²) in [6.07, 6.45) is 3.60. The van der Waals surface area contributed by atoms with E-state index in [1.54, 1.807) is 19.5 Å². The van der Waals surface area contributed by atoms with Gasteiger partial charge in [0.05, 0.1) is 7.11 Å². The highest BCUT2D eigenvalue weighted by Crippen LogP contribution is 2.23. The summed E-state index contributed by atoms with van der Waals surface area (Å²) in [5, 5.41) is 4.17. The van der Waals surface area contributed by atoms with Crippen molar-refractivity contribution in [2.24, 2.45) is 0 Å². The minimum absolute atomic E-state index is 0.242. The Morgan fingerprint density at radius 3 is 2.68 bits per heavy atom. The molecule has 0 bridgehead atoms. The molecule has 2 rings (SSSR count). The lowest BCUT2D eigenvalue weighted by Crippen LogP contribution is -2.18. The van der Waals surface area contributed by atoms with Gasteiger partial charge in [0.2, 0.25) is 0 Å². The summed E-state index contributed by atoms with van der Waals surface area (Å²) in [5.74, 6) is 0.846. The van der Waals surface area contributed by atoms with Gasteiger partial charge in [0, 0.05) is 35.6 Å². The second-order valence-corrected chi connectivity index (χ2v) is 4.78. The fraction of sp³-hybridized carbons (Fsp3) is 0.267. The Morgan fingerprint density at radius 2 is 2.00 bits per heavy atom. The maximum atomic E-state index is 6.01. The molecule has 1 aromatic carbocycles. The number of benzene rings is 1. The van der Waals surface area contributed by atoms with Crippen molar-refractivity contribution >= 4 is 11.6 Å². The molecule has 4 heteroatoms. The first-order valence-electron chi connectivity index (χ1n) is 6.16. The highest BCUT2D eigenvalue weighted by Gasteiger charge is 2.07. The Labute approximate surface area is 118 Å². The first kappa shape index (κ1) is 13.8. The second kappa shape index (κ2) is 6.55. The third-order valence-corrected chi connectivity index (χ3v) is 3.28. The van der Waals surface area contributed by atoms with Gasteiger partial charge in [-0.3, -0.25) is 4.98 Å². The second-order valence-electron chi connectivity index (χ2n) is 4.34. The zero-order chi connectivity index (χ0) is 13.7. The monoisotopic (exact) mass is 276 g/mol. The van der Waals surface area contributed by atoms with E-state index in [1.807, 2.05) is 30.3 Å². The molecule has 1 heterocycles. The Hall–Kier alpha value is -1.58. The fourth-order valence-corrected chi connectivity index (χ4v) is 2.11. The van der Waals surface area contributed by atoms with Gasteiger partial charge in [0.25, 0.3) is 0 Å². The molecular formula is C15H17ClN2O. The van der Waals surface area contributed by atoms with Crippen molar-refractivity contribution in [2.75, 3.05) is 7.11 Å². The van der Waals surface area contributed by atoms with Crippen LogP contribution < -0.4 is 10.1 Å². The van der Waals surface area contributed by atoms with E-state index in [4.69, 9.17) is 16.3 Å². The first-order valence-corrected chi connectivity index (χ1v) is 6.54. The van der Waals surface area contributed by atoms with Gasteiger partial charge in [0.15, 0.2) is 0 Å². The molecule has 0 amide bonds. The molecule has 1 atom stereocenters. The Bertz CT molecular complexity index is 531. The summed E-state index contributed by atoms with van der Waals surface area (Å²) in [6.45, 7) is 2.82. The zero-order valence-corrected chi connectivity index (χ0v) is 11.8. The highest BCUT2D eigenvalue weighted by molar-refractivity contribution is 6.30. The van der Waals surface area contributed by atoms with Gasteiger partial charge >= 0.3 is 0 Å². The molecule has 0 saturated carbocycles. The van der Waals surface area contributed by atoms with Crippen LogP contribution in [0.5, 0.6) is 5.75 Å². The van der Waals surface area contributed by atoms with Gasteiger partial charge in [-0.1, -0.05) is 11.6 Å². The normalized spacial score (nSPS) is 12.2. The standard InChI is InChI=1S/C15H17ClN2O/c1-11(12-5-7-17-8-6-12)18-10-13-9-14(16)3-4-15(13)19-2/h3-9,11,18H,10H2,1-2H3. The van der Waals surface area contributed by atoms with Crippen molar-refractivity contribution in [2.45, 2.75) is 19.5 Å². The average Bonchev–Trinajstić information content (AvgIpc) is 2.46. The van der Waals surface area contributed by atoms with Crippen LogP contribution in [0.3, 0.4) is 0 Å². The number of methoxy groups -OCH3 is 1. The van der Waals surface area contributed by atoms with Crippen LogP contribution in [0, 0.1) is 0 Å². The van der Waals surface area contributed by atoms with Gasteiger partial charge in [-0.25, -0.2) is 0 Å². The molecule has 0 aliphatic rings. The van der Waals surface area contributed by atoms with E-state index in [9.17, 15) is 0 Å². The van der Waals surface area contributed by atoms with Crippen molar-refractivity contribution in [3.05, 3.63) is 58.9 Å². The maximum Gasteiger partial charge on any atom is 0.123 e. The number of hydrogen-bond donors (Lipinski definition) is 1. The van der Waals surface area contributed by atoms with Gasteiger partial charge in [-0.15, -0.1) is 0 Å². The van der Waals surface area contributed by atoms with E-state index in [-0.39, 0.29) is 6.04 Å². The van der Waals surface area contributed by atoms with Gasteiger partial charge in [-0.05, 0) is 42.8 Å². The van der Waals surface area contributed by atoms with Gasteiger partial charge in [0.1, 0.15) is 5.75 Å². The Kier molecular flexibility index (Phi) is 4.77. The molecule has 1 aromatic heterocycles. The molecule has 19 heavy (non-hydrogen) atoms. The van der Waals surface area contributed by atoms with Crippen molar-refractivity contribution in [1.82, 2.24) is 10.3 Å². The number of pyridine rings is 1. The summed E-state index contributed by atoms with van der Waals surface area (Å²) in [5.41, 5.74) is 2.26. The molecule has 0 radical (unpaired) electrons. The van der Waals surface area contributed by atoms with Crippen molar-refractivity contribution < 1.29 is 4.74 Å². The van der Waals surface area contributed by atoms with Crippen molar-refractivity contribution in [3.63, 3.8) is 0 Å². The summed E-state index contributed by atoms with van der Waals surface area (Å²) >= 11 is 6.01. The molecule has 1 unspecified atom stereocenters. The van der Waals surface area contributed by atoms with E-state index in [0.717, 1.165) is 11.3 Å². The van der Waals surface area contributed by atoms with Gasteiger partial charge < -0.3 is 10.1 Å². The number of rotatable bonds is 5. The van der Waals surface area contributed by atoms with E-state index >= 15 is 0 Å². The molecule has 100 valence electrons. The summed E-state index contributed by atoms with van der Waals surface area (Å²) in [6, 6.07) is 9.89. The first-order chi connectivity index (χ1) is 9.20. The summed E-state index contributed by atoms with van der Waals surface area (Å²) < 4.78 is 5.33. The zero-order valence-electron chi connectivity index (χ0n) is 11.1. The molecule has 0 fully saturated rings. The fourth-order valence-electron chi connectivity index (χ4n) is 1.92. The average molecular weight is 277 g/mol. The molecule has 1 N–H and O–H groups in total. The summed E-state index contributed by atoms with van der Waals surface area (Å²) in [4.78, 5) is 4.02. The molecule has 0 aliphatic heterocycles. The van der Waals surface area contributed by atoms with Crippen LogP contribution in [0.4, 0.5) is 0 Å². The van der Waals surface area contributed by atoms with Crippen molar-refractivity contribution in [1.29, 1.82) is 0 Å². The molecule has 0 saturated heterocycles. The van der Waals surface area contributed by atoms with Crippen LogP contribution in [0.2, 0.25) is 5.02 Å². The number of halogens is 1. The molecular weight excluding hydrogens is 260 g/mol. The largest absolute Gasteiger partial charge is 0.496 e. The number of hydrogen-bond acceptors (Lipinski definition) is 3. The van der Waals surface area contributed by atoms with E-state index in [0.29, 0.717) is 11.6 Å². The van der Waals surface area contributed by atoms with E-state index in [2.05, 4.69) is 17.2 Å². The lowest BCUT2D eigenvalue weighted by molar-refractivity contribution is 0.406. The van der Waals surface area contributed by atoms with Crippen LogP contribution in [-0.4, -0.2) is 12.1 Å². The van der Waals surface area contributed by atoms with Crippen LogP contribution in [0.1, 0.15) is 24.1 Å². The van der Waals surface area contributed by atoms with Gasteiger partial charge in [-0.2, -0.15) is 0 Å². The predicted molar refractivity (Wildman–Crippen MR) is 77.5 cm³/mol. The predicted octanol–water partition coefficient (Wildman–Crippen LogP) is 3.59. The molecule has 2 aromatic rings. The lowest BCUT2D eigenvalue weighted by Gasteiger charge is -2.15. The summed E-state index contributed by atoms with van der Waals surface area (Å²) in [7, 11) is 1.67. The molecule has 0 aliphatic carbocycles. The van der Waals surface area contributed by atoms with Crippen molar-refractivity contribution in [3.8, 4) is 5.75 Å². The maximum absolute atomic E-state index is 6.01. The molecule has 3 nitrogen and oxygen atoms in total. The smallest absolute Gasteiger partial charge is 0.123 e. The Balaban J connectivity index is 2.04. The van der Waals surface area contributed by atoms with Crippen LogP contribution in [-0.2, 0) is 6.54 Å². The Morgan fingerprint density at radius 1 is 1.26 bits per heavy atom. The number of nitrogens with zero attached hydrogens (tertiary/aromatic N) is 1. The third kappa shape index (κ3) is 3.69. The number of aromatic nitrogens is 1.